The number of anilines is 1. The highest BCUT2D eigenvalue weighted by Gasteiger charge is 2.59. The Hall–Kier alpha value is -1.82. The van der Waals surface area contributed by atoms with E-state index >= 15 is 0 Å². The Morgan fingerprint density at radius 2 is 2.07 bits per heavy atom. The van der Waals surface area contributed by atoms with Crippen molar-refractivity contribution in [1.29, 1.82) is 5.26 Å². The van der Waals surface area contributed by atoms with Gasteiger partial charge in [0.2, 0.25) is 0 Å². The van der Waals surface area contributed by atoms with Gasteiger partial charge in [-0.1, -0.05) is 18.2 Å². The van der Waals surface area contributed by atoms with Crippen molar-refractivity contribution in [2.24, 2.45) is 0 Å². The van der Waals surface area contributed by atoms with E-state index in [4.69, 9.17) is 5.26 Å². The summed E-state index contributed by atoms with van der Waals surface area (Å²) >= 11 is 0. The van der Waals surface area contributed by atoms with Gasteiger partial charge in [0.1, 0.15) is 0 Å². The standard InChI is InChI=1S/C11H8N2O/c12-7-13-9-4-2-1-3-8(9)11(5-6-11)10(13)14/h1-4H,5-6H2. The first-order chi connectivity index (χ1) is 6.79. The Labute approximate surface area is 81.6 Å². The lowest BCUT2D eigenvalue weighted by molar-refractivity contribution is -0.119. The quantitative estimate of drug-likeness (QED) is 0.574. The van der Waals surface area contributed by atoms with Gasteiger partial charge in [-0.15, -0.1) is 0 Å². The fourth-order valence-corrected chi connectivity index (χ4v) is 2.22. The molecule has 1 aliphatic carbocycles. The van der Waals surface area contributed by atoms with Crippen LogP contribution in [0.4, 0.5) is 5.69 Å². The van der Waals surface area contributed by atoms with E-state index in [1.54, 1.807) is 0 Å². The largest absolute Gasteiger partial charge is 0.272 e. The molecule has 14 heavy (non-hydrogen) atoms. The van der Waals surface area contributed by atoms with E-state index < -0.39 is 0 Å². The van der Waals surface area contributed by atoms with E-state index in [2.05, 4.69) is 0 Å². The van der Waals surface area contributed by atoms with Crippen LogP contribution in [0.25, 0.3) is 0 Å². The molecule has 1 amide bonds. The van der Waals surface area contributed by atoms with Crippen LogP contribution in [0.5, 0.6) is 0 Å². The lowest BCUT2D eigenvalue weighted by Crippen LogP contribution is -2.27. The van der Waals surface area contributed by atoms with Gasteiger partial charge in [-0.25, -0.2) is 4.90 Å². The van der Waals surface area contributed by atoms with Crippen molar-refractivity contribution in [2.75, 3.05) is 4.90 Å². The highest BCUT2D eigenvalue weighted by atomic mass is 16.2. The second-order valence-electron chi connectivity index (χ2n) is 3.84. The number of para-hydroxylation sites is 1. The van der Waals surface area contributed by atoms with Gasteiger partial charge < -0.3 is 0 Å². The van der Waals surface area contributed by atoms with Crippen LogP contribution < -0.4 is 4.90 Å². The lowest BCUT2D eigenvalue weighted by atomic mass is 9.98. The number of hydrogen-bond donors (Lipinski definition) is 0. The molecule has 1 aliphatic heterocycles. The normalized spacial score (nSPS) is 20.8. The average Bonchev–Trinajstić information content (AvgIpc) is 2.96. The van der Waals surface area contributed by atoms with Crippen molar-refractivity contribution < 1.29 is 4.79 Å². The van der Waals surface area contributed by atoms with E-state index in [0.717, 1.165) is 24.1 Å². The summed E-state index contributed by atoms with van der Waals surface area (Å²) in [4.78, 5) is 13.1. The molecule has 0 saturated heterocycles. The molecule has 0 unspecified atom stereocenters. The van der Waals surface area contributed by atoms with Gasteiger partial charge in [0.15, 0.2) is 6.19 Å². The van der Waals surface area contributed by atoms with Crippen LogP contribution in [-0.4, -0.2) is 5.91 Å². The summed E-state index contributed by atoms with van der Waals surface area (Å²) in [5.41, 5.74) is 1.48. The Balaban J connectivity index is 2.28. The highest BCUT2D eigenvalue weighted by molar-refractivity contribution is 6.11. The maximum atomic E-state index is 11.9. The number of nitrogens with zero attached hydrogens (tertiary/aromatic N) is 2. The van der Waals surface area contributed by atoms with Crippen LogP contribution in [0.3, 0.4) is 0 Å². The zero-order chi connectivity index (χ0) is 9.76. The van der Waals surface area contributed by atoms with Gasteiger partial charge >= 0.3 is 0 Å². The molecule has 1 heterocycles. The Morgan fingerprint density at radius 3 is 2.71 bits per heavy atom. The number of carbonyl (C=O) groups is 1. The van der Waals surface area contributed by atoms with Crippen molar-refractivity contribution >= 4 is 11.6 Å². The summed E-state index contributed by atoms with van der Waals surface area (Å²) in [6, 6.07) is 7.58. The van der Waals surface area contributed by atoms with Gasteiger partial charge in [-0.3, -0.25) is 4.79 Å². The first kappa shape index (κ1) is 7.57. The molecular weight excluding hydrogens is 176 g/mol. The molecule has 68 valence electrons. The monoisotopic (exact) mass is 184 g/mol. The number of benzene rings is 1. The number of carbonyl (C=O) groups excluding carboxylic acids is 1. The Kier molecular flexibility index (Phi) is 1.17. The Bertz CT molecular complexity index is 468. The SMILES string of the molecule is N#CN1C(=O)C2(CC2)c2ccccc21. The summed E-state index contributed by atoms with van der Waals surface area (Å²) in [5.74, 6) is -0.0406. The minimum atomic E-state index is -0.327. The minimum absolute atomic E-state index is 0.0406. The first-order valence-corrected chi connectivity index (χ1v) is 4.63. The average molecular weight is 184 g/mol. The summed E-state index contributed by atoms with van der Waals surface area (Å²) < 4.78 is 0. The van der Waals surface area contributed by atoms with E-state index in [9.17, 15) is 4.79 Å². The van der Waals surface area contributed by atoms with Crippen LogP contribution in [-0.2, 0) is 10.2 Å². The highest BCUT2D eigenvalue weighted by Crippen LogP contribution is 2.56. The van der Waals surface area contributed by atoms with Crippen LogP contribution in [0.1, 0.15) is 18.4 Å². The molecule has 1 spiro atoms. The summed E-state index contributed by atoms with van der Waals surface area (Å²) in [7, 11) is 0. The van der Waals surface area contributed by atoms with Crippen molar-refractivity contribution in [2.45, 2.75) is 18.3 Å². The molecule has 3 heteroatoms. The second-order valence-corrected chi connectivity index (χ2v) is 3.84. The zero-order valence-corrected chi connectivity index (χ0v) is 7.53. The van der Waals surface area contributed by atoms with Crippen molar-refractivity contribution in [3.8, 4) is 6.19 Å². The van der Waals surface area contributed by atoms with E-state index in [-0.39, 0.29) is 11.3 Å². The lowest BCUT2D eigenvalue weighted by Gasteiger charge is -2.04. The number of rotatable bonds is 0. The van der Waals surface area contributed by atoms with Crippen LogP contribution >= 0.6 is 0 Å². The van der Waals surface area contributed by atoms with Crippen LogP contribution in [0.15, 0.2) is 24.3 Å². The number of hydrogen-bond acceptors (Lipinski definition) is 2. The van der Waals surface area contributed by atoms with Gasteiger partial charge in [0.25, 0.3) is 5.91 Å². The molecule has 1 saturated carbocycles. The van der Waals surface area contributed by atoms with E-state index in [0.29, 0.717) is 0 Å². The molecule has 3 nitrogen and oxygen atoms in total. The molecular formula is C11H8N2O. The summed E-state index contributed by atoms with van der Waals surface area (Å²) in [6.45, 7) is 0. The molecule has 1 aromatic carbocycles. The molecule has 2 aliphatic rings. The molecule has 0 aromatic heterocycles. The molecule has 1 fully saturated rings. The number of amides is 1. The third-order valence-electron chi connectivity index (χ3n) is 3.12. The smallest absolute Gasteiger partial charge is 0.251 e. The zero-order valence-electron chi connectivity index (χ0n) is 7.53. The van der Waals surface area contributed by atoms with Crippen molar-refractivity contribution in [3.63, 3.8) is 0 Å². The van der Waals surface area contributed by atoms with E-state index in [1.165, 1.54) is 4.90 Å². The molecule has 0 bridgehead atoms. The molecule has 0 N–H and O–H groups in total. The fourth-order valence-electron chi connectivity index (χ4n) is 2.22. The number of fused-ring (bicyclic) bond motifs is 2. The van der Waals surface area contributed by atoms with Crippen molar-refractivity contribution in [1.82, 2.24) is 0 Å². The Morgan fingerprint density at radius 1 is 1.36 bits per heavy atom. The van der Waals surface area contributed by atoms with Crippen molar-refractivity contribution in [3.05, 3.63) is 29.8 Å². The molecule has 1 aromatic rings. The van der Waals surface area contributed by atoms with Crippen LogP contribution in [0.2, 0.25) is 0 Å². The molecule has 0 atom stereocenters. The third-order valence-corrected chi connectivity index (χ3v) is 3.12. The van der Waals surface area contributed by atoms with Crippen LogP contribution in [0, 0.1) is 11.5 Å². The minimum Gasteiger partial charge on any atom is -0.272 e. The van der Waals surface area contributed by atoms with Gasteiger partial charge in [-0.05, 0) is 24.5 Å². The van der Waals surface area contributed by atoms with Gasteiger partial charge in [0.05, 0.1) is 11.1 Å². The second kappa shape index (κ2) is 2.16. The predicted octanol–water partition coefficient (Wildman–Crippen LogP) is 1.55. The predicted molar refractivity (Wildman–Crippen MR) is 50.5 cm³/mol. The van der Waals surface area contributed by atoms with Gasteiger partial charge in [0, 0.05) is 0 Å². The summed E-state index contributed by atoms with van der Waals surface area (Å²) in [6.07, 6.45) is 3.73. The number of nitriles is 1. The molecule has 3 rings (SSSR count). The van der Waals surface area contributed by atoms with E-state index in [1.807, 2.05) is 30.5 Å². The maximum absolute atomic E-state index is 11.9. The third kappa shape index (κ3) is 0.655. The first-order valence-electron chi connectivity index (χ1n) is 4.63. The maximum Gasteiger partial charge on any atom is 0.251 e. The molecule has 0 radical (unpaired) electrons. The summed E-state index contributed by atoms with van der Waals surface area (Å²) in [5, 5.41) is 8.90. The fraction of sp³-hybridized carbons (Fsp3) is 0.273. The van der Waals surface area contributed by atoms with Gasteiger partial charge in [-0.2, -0.15) is 5.26 Å². The topological polar surface area (TPSA) is 44.1 Å².